The van der Waals surface area contributed by atoms with E-state index >= 15 is 0 Å². The van der Waals surface area contributed by atoms with Crippen LogP contribution in [0.1, 0.15) is 48.7 Å². The Morgan fingerprint density at radius 2 is 1.86 bits per heavy atom. The van der Waals surface area contributed by atoms with Crippen LogP contribution in [0, 0.1) is 5.82 Å². The summed E-state index contributed by atoms with van der Waals surface area (Å²) in [5, 5.41) is 4.58. The third-order valence-electron chi connectivity index (χ3n) is 5.95. The summed E-state index contributed by atoms with van der Waals surface area (Å²) in [7, 11) is 3.73. The molecule has 1 aliphatic rings. The Labute approximate surface area is 204 Å². The van der Waals surface area contributed by atoms with Crippen molar-refractivity contribution >= 4 is 29.4 Å². The Morgan fingerprint density at radius 3 is 2.51 bits per heavy atom. The van der Waals surface area contributed by atoms with Gasteiger partial charge in [-0.2, -0.15) is 9.61 Å². The first-order valence-corrected chi connectivity index (χ1v) is 11.9. The number of amides is 1. The molecule has 184 valence electrons. The second-order valence-electron chi connectivity index (χ2n) is 8.72. The number of fused-ring (bicyclic) bond motifs is 1. The van der Waals surface area contributed by atoms with Crippen molar-refractivity contribution in [3.63, 3.8) is 0 Å². The van der Waals surface area contributed by atoms with Crippen molar-refractivity contribution in [1.29, 1.82) is 0 Å². The van der Waals surface area contributed by atoms with E-state index in [9.17, 15) is 14.0 Å². The zero-order chi connectivity index (χ0) is 24.9. The van der Waals surface area contributed by atoms with E-state index in [1.165, 1.54) is 18.2 Å². The van der Waals surface area contributed by atoms with E-state index < -0.39 is 11.8 Å². The predicted octanol–water partition coefficient (Wildman–Crippen LogP) is 4.19. The van der Waals surface area contributed by atoms with Gasteiger partial charge in [0, 0.05) is 51.0 Å². The van der Waals surface area contributed by atoms with Crippen LogP contribution in [0.4, 0.5) is 10.2 Å². The van der Waals surface area contributed by atoms with Gasteiger partial charge in [-0.3, -0.25) is 4.79 Å². The molecule has 1 saturated heterocycles. The van der Waals surface area contributed by atoms with E-state index in [1.54, 1.807) is 35.7 Å². The molecule has 0 unspecified atom stereocenters. The summed E-state index contributed by atoms with van der Waals surface area (Å²) < 4.78 is 21.5. The molecular formula is C26H30FN5O3. The molecule has 3 heterocycles. The average molecular weight is 480 g/mol. The summed E-state index contributed by atoms with van der Waals surface area (Å²) in [6, 6.07) is 8.06. The van der Waals surface area contributed by atoms with Crippen molar-refractivity contribution in [1.82, 2.24) is 19.5 Å². The summed E-state index contributed by atoms with van der Waals surface area (Å²) in [4.78, 5) is 33.0. The second-order valence-corrected chi connectivity index (χ2v) is 8.72. The Kier molecular flexibility index (Phi) is 7.43. The molecule has 0 atom stereocenters. The summed E-state index contributed by atoms with van der Waals surface area (Å²) >= 11 is 0. The second kappa shape index (κ2) is 10.7. The Bertz CT molecular complexity index is 1260. The highest BCUT2D eigenvalue weighted by molar-refractivity contribution is 5.94. The van der Waals surface area contributed by atoms with Gasteiger partial charge in [-0.15, -0.1) is 0 Å². The van der Waals surface area contributed by atoms with Crippen LogP contribution >= 0.6 is 0 Å². The van der Waals surface area contributed by atoms with Crippen LogP contribution < -0.4 is 4.90 Å². The minimum absolute atomic E-state index is 0.0934. The standard InChI is InChI=1S/C26H30FN5O3/c1-4-35-25(33)12-10-18-9-11-19(20(27)15-18)21-16-23-28-22(17-24(30(2)3)32(23)29-21)26(34)31-13-7-5-6-8-14-31/h9-12,15-17H,4-8,13-14H2,1-3H3/b12-10+. The number of hydrogen-bond acceptors (Lipinski definition) is 6. The van der Waals surface area contributed by atoms with Gasteiger partial charge in [-0.05, 0) is 43.5 Å². The van der Waals surface area contributed by atoms with Crippen LogP contribution in [0.2, 0.25) is 0 Å². The van der Waals surface area contributed by atoms with Crippen molar-refractivity contribution in [3.05, 3.63) is 53.5 Å². The molecule has 3 aromatic rings. The lowest BCUT2D eigenvalue weighted by Gasteiger charge is -2.21. The number of aromatic nitrogens is 3. The topological polar surface area (TPSA) is 80.0 Å². The predicted molar refractivity (Wildman–Crippen MR) is 133 cm³/mol. The number of hydrogen-bond donors (Lipinski definition) is 0. The van der Waals surface area contributed by atoms with Crippen molar-refractivity contribution in [2.24, 2.45) is 0 Å². The third kappa shape index (κ3) is 5.50. The van der Waals surface area contributed by atoms with Crippen LogP contribution in [-0.4, -0.2) is 65.2 Å². The van der Waals surface area contributed by atoms with Crippen LogP contribution in [0.25, 0.3) is 23.0 Å². The average Bonchev–Trinajstić information content (AvgIpc) is 3.06. The lowest BCUT2D eigenvalue weighted by atomic mass is 10.1. The smallest absolute Gasteiger partial charge is 0.330 e. The van der Waals surface area contributed by atoms with Crippen molar-refractivity contribution in [2.75, 3.05) is 38.7 Å². The zero-order valence-electron chi connectivity index (χ0n) is 20.3. The normalized spacial score (nSPS) is 14.3. The van der Waals surface area contributed by atoms with E-state index in [1.807, 2.05) is 23.9 Å². The van der Waals surface area contributed by atoms with E-state index in [0.29, 0.717) is 34.0 Å². The number of halogens is 1. The number of likely N-dealkylation sites (tertiary alicyclic amines) is 1. The molecule has 9 heteroatoms. The van der Waals surface area contributed by atoms with Gasteiger partial charge in [0.05, 0.1) is 12.3 Å². The van der Waals surface area contributed by atoms with E-state index in [0.717, 1.165) is 38.8 Å². The van der Waals surface area contributed by atoms with Crippen molar-refractivity contribution < 1.29 is 18.7 Å². The molecule has 4 rings (SSSR count). The molecule has 0 N–H and O–H groups in total. The quantitative estimate of drug-likeness (QED) is 0.390. The van der Waals surface area contributed by atoms with E-state index in [-0.39, 0.29) is 12.5 Å². The summed E-state index contributed by atoms with van der Waals surface area (Å²) in [5.74, 6) is -0.380. The molecule has 0 spiro atoms. The summed E-state index contributed by atoms with van der Waals surface area (Å²) in [6.45, 7) is 3.46. The first kappa shape index (κ1) is 24.4. The number of carbonyl (C=O) groups excluding carboxylic acids is 2. The molecule has 8 nitrogen and oxygen atoms in total. The van der Waals surface area contributed by atoms with Gasteiger partial charge in [0.25, 0.3) is 5.91 Å². The molecule has 0 saturated carbocycles. The molecule has 35 heavy (non-hydrogen) atoms. The first-order valence-electron chi connectivity index (χ1n) is 11.9. The molecule has 0 bridgehead atoms. The highest BCUT2D eigenvalue weighted by Crippen LogP contribution is 2.27. The number of rotatable bonds is 6. The van der Waals surface area contributed by atoms with E-state index in [4.69, 9.17) is 4.74 Å². The summed E-state index contributed by atoms with van der Waals surface area (Å²) in [6.07, 6.45) is 7.02. The molecule has 0 radical (unpaired) electrons. The van der Waals surface area contributed by atoms with Gasteiger partial charge in [-0.25, -0.2) is 14.2 Å². The maximum atomic E-state index is 15.0. The summed E-state index contributed by atoms with van der Waals surface area (Å²) in [5.41, 5.74) is 2.05. The van der Waals surface area contributed by atoms with Gasteiger partial charge in [0.15, 0.2) is 5.65 Å². The number of anilines is 1. The number of carbonyl (C=O) groups is 2. The number of benzene rings is 1. The number of ether oxygens (including phenoxy) is 1. The molecule has 2 aromatic heterocycles. The highest BCUT2D eigenvalue weighted by Gasteiger charge is 2.22. The Balaban J connectivity index is 1.67. The van der Waals surface area contributed by atoms with Gasteiger partial charge in [0.2, 0.25) is 0 Å². The van der Waals surface area contributed by atoms with Gasteiger partial charge in [0.1, 0.15) is 17.3 Å². The maximum Gasteiger partial charge on any atom is 0.330 e. The molecule has 0 aliphatic carbocycles. The highest BCUT2D eigenvalue weighted by atomic mass is 19.1. The van der Waals surface area contributed by atoms with Crippen LogP contribution in [0.15, 0.2) is 36.4 Å². The lowest BCUT2D eigenvalue weighted by molar-refractivity contribution is -0.137. The molecule has 1 fully saturated rings. The lowest BCUT2D eigenvalue weighted by Crippen LogP contribution is -2.32. The third-order valence-corrected chi connectivity index (χ3v) is 5.95. The van der Waals surface area contributed by atoms with Gasteiger partial charge in [-0.1, -0.05) is 18.9 Å². The van der Waals surface area contributed by atoms with Crippen LogP contribution in [0.3, 0.4) is 0 Å². The fourth-order valence-corrected chi connectivity index (χ4v) is 4.15. The van der Waals surface area contributed by atoms with Gasteiger partial charge < -0.3 is 14.5 Å². The maximum absolute atomic E-state index is 15.0. The van der Waals surface area contributed by atoms with Crippen LogP contribution in [-0.2, 0) is 9.53 Å². The molecular weight excluding hydrogens is 449 g/mol. The van der Waals surface area contributed by atoms with Crippen molar-refractivity contribution in [3.8, 4) is 11.3 Å². The monoisotopic (exact) mass is 479 g/mol. The largest absolute Gasteiger partial charge is 0.463 e. The molecule has 1 aromatic carbocycles. The Morgan fingerprint density at radius 1 is 1.11 bits per heavy atom. The van der Waals surface area contributed by atoms with Crippen LogP contribution in [0.5, 0.6) is 0 Å². The first-order chi connectivity index (χ1) is 16.9. The molecule has 1 amide bonds. The molecule has 1 aliphatic heterocycles. The fraction of sp³-hybridized carbons (Fsp3) is 0.385. The Hall–Kier alpha value is -3.75. The SMILES string of the molecule is CCOC(=O)/C=C/c1ccc(-c2cc3nc(C(=O)N4CCCCCC4)cc(N(C)C)n3n2)c(F)c1. The number of nitrogens with zero attached hydrogens (tertiary/aromatic N) is 5. The minimum atomic E-state index is -0.481. The fourth-order valence-electron chi connectivity index (χ4n) is 4.15. The zero-order valence-corrected chi connectivity index (χ0v) is 20.3. The van der Waals surface area contributed by atoms with Gasteiger partial charge >= 0.3 is 5.97 Å². The number of esters is 1. The minimum Gasteiger partial charge on any atom is -0.463 e. The van der Waals surface area contributed by atoms with E-state index in [2.05, 4.69) is 10.1 Å². The van der Waals surface area contributed by atoms with Crippen molar-refractivity contribution in [2.45, 2.75) is 32.6 Å².